The van der Waals surface area contributed by atoms with Gasteiger partial charge in [0.25, 0.3) is 5.91 Å². The molecule has 0 aromatic carbocycles. The third-order valence-electron chi connectivity index (χ3n) is 4.59. The SMILES string of the molecule is O=C(N[C@H]1CC[C@@H](C(=O)O)C1)c1cc2c(s1)CCCCC2. The number of aryl methyl sites for hydroxylation is 2. The van der Waals surface area contributed by atoms with Gasteiger partial charge in [0.2, 0.25) is 0 Å². The van der Waals surface area contributed by atoms with Crippen LogP contribution in [0, 0.1) is 5.92 Å². The van der Waals surface area contributed by atoms with Gasteiger partial charge in [0.05, 0.1) is 10.8 Å². The molecule has 1 heterocycles. The number of aliphatic carboxylic acids is 1. The number of carboxylic acid groups (broad SMARTS) is 1. The number of hydrogen-bond acceptors (Lipinski definition) is 3. The molecule has 2 aliphatic rings. The quantitative estimate of drug-likeness (QED) is 0.844. The van der Waals surface area contributed by atoms with Crippen LogP contribution in [0.5, 0.6) is 0 Å². The fraction of sp³-hybridized carbons (Fsp3) is 0.625. The van der Waals surface area contributed by atoms with Crippen molar-refractivity contribution in [3.05, 3.63) is 21.4 Å². The van der Waals surface area contributed by atoms with Crippen molar-refractivity contribution in [1.82, 2.24) is 5.32 Å². The zero-order valence-corrected chi connectivity index (χ0v) is 12.9. The molecule has 2 aliphatic carbocycles. The van der Waals surface area contributed by atoms with Crippen molar-refractivity contribution in [2.75, 3.05) is 0 Å². The summed E-state index contributed by atoms with van der Waals surface area (Å²) in [5.74, 6) is -1.06. The lowest BCUT2D eigenvalue weighted by Crippen LogP contribution is -2.32. The van der Waals surface area contributed by atoms with Gasteiger partial charge in [-0.3, -0.25) is 9.59 Å². The Morgan fingerprint density at radius 3 is 2.76 bits per heavy atom. The van der Waals surface area contributed by atoms with Crippen LogP contribution >= 0.6 is 11.3 Å². The van der Waals surface area contributed by atoms with E-state index in [4.69, 9.17) is 5.11 Å². The minimum atomic E-state index is -0.741. The zero-order chi connectivity index (χ0) is 14.8. The van der Waals surface area contributed by atoms with E-state index in [2.05, 4.69) is 5.32 Å². The van der Waals surface area contributed by atoms with Crippen LogP contribution in [0.1, 0.15) is 58.6 Å². The van der Waals surface area contributed by atoms with Gasteiger partial charge < -0.3 is 10.4 Å². The summed E-state index contributed by atoms with van der Waals surface area (Å²) in [7, 11) is 0. The van der Waals surface area contributed by atoms with E-state index < -0.39 is 5.97 Å². The molecule has 0 bridgehead atoms. The summed E-state index contributed by atoms with van der Waals surface area (Å²) in [6, 6.07) is 2.06. The fourth-order valence-electron chi connectivity index (χ4n) is 3.37. The van der Waals surface area contributed by atoms with Crippen LogP contribution in [-0.4, -0.2) is 23.0 Å². The highest BCUT2D eigenvalue weighted by atomic mass is 32.1. The molecule has 21 heavy (non-hydrogen) atoms. The molecule has 2 N–H and O–H groups in total. The molecule has 2 atom stereocenters. The van der Waals surface area contributed by atoms with Crippen LogP contribution in [0.3, 0.4) is 0 Å². The second-order valence-electron chi connectivity index (χ2n) is 6.14. The predicted octanol–water partition coefficient (Wildman–Crippen LogP) is 3.00. The summed E-state index contributed by atoms with van der Waals surface area (Å²) in [4.78, 5) is 25.5. The molecule has 1 aromatic rings. The Balaban J connectivity index is 1.62. The highest BCUT2D eigenvalue weighted by molar-refractivity contribution is 7.14. The average molecular weight is 307 g/mol. The van der Waals surface area contributed by atoms with Crippen molar-refractivity contribution >= 4 is 23.2 Å². The number of fused-ring (bicyclic) bond motifs is 1. The third kappa shape index (κ3) is 3.28. The van der Waals surface area contributed by atoms with Crippen molar-refractivity contribution in [2.24, 2.45) is 5.92 Å². The zero-order valence-electron chi connectivity index (χ0n) is 12.1. The Bertz CT molecular complexity index is 528. The average Bonchev–Trinajstić information content (AvgIpc) is 3.01. The van der Waals surface area contributed by atoms with E-state index in [1.165, 1.54) is 29.7 Å². The molecule has 1 amide bonds. The number of hydrogen-bond donors (Lipinski definition) is 2. The molecule has 0 saturated heterocycles. The molecule has 114 valence electrons. The molecule has 3 rings (SSSR count). The van der Waals surface area contributed by atoms with Crippen LogP contribution in [0.25, 0.3) is 0 Å². The Morgan fingerprint density at radius 1 is 1.19 bits per heavy atom. The van der Waals surface area contributed by atoms with Gasteiger partial charge in [-0.05, 0) is 56.6 Å². The van der Waals surface area contributed by atoms with Crippen LogP contribution in [0.2, 0.25) is 0 Å². The maximum Gasteiger partial charge on any atom is 0.306 e. The van der Waals surface area contributed by atoms with Gasteiger partial charge in [0, 0.05) is 10.9 Å². The first-order valence-electron chi connectivity index (χ1n) is 7.78. The smallest absolute Gasteiger partial charge is 0.306 e. The maximum absolute atomic E-state index is 12.3. The number of carbonyl (C=O) groups is 2. The summed E-state index contributed by atoms with van der Waals surface area (Å²) in [5, 5.41) is 12.0. The molecule has 1 fully saturated rings. The maximum atomic E-state index is 12.3. The molecule has 1 saturated carbocycles. The predicted molar refractivity (Wildman–Crippen MR) is 81.8 cm³/mol. The first kappa shape index (κ1) is 14.6. The van der Waals surface area contributed by atoms with E-state index in [0.29, 0.717) is 12.8 Å². The Hall–Kier alpha value is -1.36. The molecular formula is C16H21NO3S. The standard InChI is InChI=1S/C16H21NO3S/c18-15(17-12-7-6-11(8-12)16(19)20)14-9-10-4-2-1-3-5-13(10)21-14/h9,11-12H,1-8H2,(H,17,18)(H,19,20)/t11-,12+/m1/s1. The number of amides is 1. The van der Waals surface area contributed by atoms with Crippen LogP contribution in [0.15, 0.2) is 6.07 Å². The van der Waals surface area contributed by atoms with Gasteiger partial charge in [-0.2, -0.15) is 0 Å². The first-order valence-corrected chi connectivity index (χ1v) is 8.60. The number of thiophene rings is 1. The number of rotatable bonds is 3. The van der Waals surface area contributed by atoms with Gasteiger partial charge in [-0.15, -0.1) is 11.3 Å². The third-order valence-corrected chi connectivity index (χ3v) is 5.82. The fourth-order valence-corrected chi connectivity index (χ4v) is 4.53. The van der Waals surface area contributed by atoms with Crippen molar-refractivity contribution in [3.8, 4) is 0 Å². The highest BCUT2D eigenvalue weighted by Gasteiger charge is 2.31. The van der Waals surface area contributed by atoms with Crippen molar-refractivity contribution in [2.45, 2.75) is 57.4 Å². The lowest BCUT2D eigenvalue weighted by atomic mass is 10.1. The molecule has 5 heteroatoms. The van der Waals surface area contributed by atoms with E-state index in [0.717, 1.165) is 24.1 Å². The number of nitrogens with one attached hydrogen (secondary N) is 1. The summed E-state index contributed by atoms with van der Waals surface area (Å²) in [5.41, 5.74) is 1.34. The van der Waals surface area contributed by atoms with Gasteiger partial charge in [0.1, 0.15) is 0 Å². The second kappa shape index (κ2) is 6.18. The van der Waals surface area contributed by atoms with Gasteiger partial charge in [0.15, 0.2) is 0 Å². The first-order chi connectivity index (χ1) is 10.1. The van der Waals surface area contributed by atoms with Crippen LogP contribution in [0.4, 0.5) is 0 Å². The van der Waals surface area contributed by atoms with Crippen molar-refractivity contribution in [3.63, 3.8) is 0 Å². The Kier molecular flexibility index (Phi) is 4.29. The lowest BCUT2D eigenvalue weighted by Gasteiger charge is -2.11. The summed E-state index contributed by atoms with van der Waals surface area (Å²) < 4.78 is 0. The topological polar surface area (TPSA) is 66.4 Å². The largest absolute Gasteiger partial charge is 0.481 e. The molecular weight excluding hydrogens is 286 g/mol. The molecule has 0 radical (unpaired) electrons. The highest BCUT2D eigenvalue weighted by Crippen LogP contribution is 2.30. The number of carboxylic acids is 1. The Labute approximate surface area is 128 Å². The van der Waals surface area contributed by atoms with E-state index in [-0.39, 0.29) is 17.9 Å². The van der Waals surface area contributed by atoms with Crippen molar-refractivity contribution < 1.29 is 14.7 Å². The molecule has 1 aromatic heterocycles. The minimum Gasteiger partial charge on any atom is -0.481 e. The minimum absolute atomic E-state index is 0.0144. The second-order valence-corrected chi connectivity index (χ2v) is 7.28. The van der Waals surface area contributed by atoms with E-state index in [1.54, 1.807) is 11.3 Å². The molecule has 0 unspecified atom stereocenters. The molecule has 4 nitrogen and oxygen atoms in total. The van der Waals surface area contributed by atoms with Crippen molar-refractivity contribution in [1.29, 1.82) is 0 Å². The van der Waals surface area contributed by atoms with Crippen LogP contribution in [-0.2, 0) is 17.6 Å². The summed E-state index contributed by atoms with van der Waals surface area (Å²) in [6.45, 7) is 0. The molecule has 0 spiro atoms. The monoisotopic (exact) mass is 307 g/mol. The number of carbonyl (C=O) groups excluding carboxylic acids is 1. The van der Waals surface area contributed by atoms with E-state index >= 15 is 0 Å². The van der Waals surface area contributed by atoms with Gasteiger partial charge in [-0.1, -0.05) is 6.42 Å². The summed E-state index contributed by atoms with van der Waals surface area (Å²) >= 11 is 1.62. The molecule has 0 aliphatic heterocycles. The summed E-state index contributed by atoms with van der Waals surface area (Å²) in [6.07, 6.45) is 7.90. The normalized spacial score (nSPS) is 25.1. The van der Waals surface area contributed by atoms with Gasteiger partial charge >= 0.3 is 5.97 Å². The van der Waals surface area contributed by atoms with E-state index in [1.807, 2.05) is 6.07 Å². The van der Waals surface area contributed by atoms with E-state index in [9.17, 15) is 9.59 Å². The van der Waals surface area contributed by atoms with Crippen LogP contribution < -0.4 is 5.32 Å². The Morgan fingerprint density at radius 2 is 2.00 bits per heavy atom. The lowest BCUT2D eigenvalue weighted by molar-refractivity contribution is -0.141. The van der Waals surface area contributed by atoms with Gasteiger partial charge in [-0.25, -0.2) is 0 Å².